The van der Waals surface area contributed by atoms with Gasteiger partial charge in [-0.05, 0) is 27.7 Å². The van der Waals surface area contributed by atoms with Crippen LogP contribution in [0.4, 0.5) is 4.79 Å². The number of alkyl carbamates (subject to hydrolysis) is 1. The number of nitrogens with one attached hydrogen (secondary N) is 1. The van der Waals surface area contributed by atoms with E-state index in [-0.39, 0.29) is 0 Å². The first kappa shape index (κ1) is 12.8. The number of rotatable bonds is 2. The summed E-state index contributed by atoms with van der Waals surface area (Å²) in [5, 5.41) is 11.6. The van der Waals surface area contributed by atoms with Gasteiger partial charge in [-0.2, -0.15) is 0 Å². The molecular formula is C10H17NO3. The number of hydrogen-bond donors (Lipinski definition) is 2. The smallest absolute Gasteiger partial charge is 0.409 e. The third-order valence-corrected chi connectivity index (χ3v) is 1.40. The molecule has 0 bridgehead atoms. The molecule has 0 aliphatic carbocycles. The van der Waals surface area contributed by atoms with Gasteiger partial charge in [0.2, 0.25) is 0 Å². The van der Waals surface area contributed by atoms with Crippen LogP contribution in [0.2, 0.25) is 0 Å². The second-order valence-corrected chi connectivity index (χ2v) is 4.05. The monoisotopic (exact) mass is 199 g/mol. The minimum atomic E-state index is -1.07. The van der Waals surface area contributed by atoms with Crippen LogP contribution in [-0.2, 0) is 4.74 Å². The van der Waals surface area contributed by atoms with Crippen LogP contribution in [0, 0.1) is 18.3 Å². The zero-order chi connectivity index (χ0) is 11.4. The maximum Gasteiger partial charge on any atom is 0.409 e. The number of aliphatic hydroxyl groups excluding tert-OH is 1. The molecule has 2 N–H and O–H groups in total. The van der Waals surface area contributed by atoms with Crippen molar-refractivity contribution in [1.82, 2.24) is 5.32 Å². The van der Waals surface area contributed by atoms with E-state index in [2.05, 4.69) is 11.2 Å². The van der Waals surface area contributed by atoms with E-state index in [4.69, 9.17) is 11.2 Å². The number of terminal acetylenes is 1. The lowest BCUT2D eigenvalue weighted by Gasteiger charge is -2.22. The van der Waals surface area contributed by atoms with Crippen LogP contribution in [-0.4, -0.2) is 23.0 Å². The predicted molar refractivity (Wildman–Crippen MR) is 53.4 cm³/mol. The summed E-state index contributed by atoms with van der Waals surface area (Å²) in [4.78, 5) is 11.1. The Kier molecular flexibility index (Phi) is 4.45. The predicted octanol–water partition coefficient (Wildman–Crippen LogP) is 1.10. The molecule has 2 unspecified atom stereocenters. The third kappa shape index (κ3) is 5.44. The molecule has 0 fully saturated rings. The normalized spacial score (nSPS) is 15.1. The van der Waals surface area contributed by atoms with E-state index in [1.807, 2.05) is 0 Å². The highest BCUT2D eigenvalue weighted by atomic mass is 16.6. The topological polar surface area (TPSA) is 58.6 Å². The molecule has 0 rings (SSSR count). The minimum absolute atomic E-state index is 0.442. The Labute approximate surface area is 84.6 Å². The summed E-state index contributed by atoms with van der Waals surface area (Å²) in [5.74, 6) is 1.87. The van der Waals surface area contributed by atoms with Crippen molar-refractivity contribution < 1.29 is 14.6 Å². The van der Waals surface area contributed by atoms with Crippen molar-refractivity contribution in [2.24, 2.45) is 5.92 Å². The van der Waals surface area contributed by atoms with Crippen LogP contribution in [0.3, 0.4) is 0 Å². The molecule has 0 radical (unpaired) electrons. The molecule has 4 heteroatoms. The summed E-state index contributed by atoms with van der Waals surface area (Å²) in [5.41, 5.74) is -0.580. The van der Waals surface area contributed by atoms with Crippen LogP contribution in [0.1, 0.15) is 27.7 Å². The van der Waals surface area contributed by atoms with Gasteiger partial charge in [-0.25, -0.2) is 4.79 Å². The number of carbonyl (C=O) groups is 1. The van der Waals surface area contributed by atoms with Gasteiger partial charge in [-0.3, -0.25) is 5.32 Å². The van der Waals surface area contributed by atoms with Crippen molar-refractivity contribution in [3.63, 3.8) is 0 Å². The molecule has 0 aromatic heterocycles. The van der Waals surface area contributed by atoms with Gasteiger partial charge in [0.1, 0.15) is 11.8 Å². The summed E-state index contributed by atoms with van der Waals surface area (Å²) in [6.07, 6.45) is 3.33. The van der Waals surface area contributed by atoms with Gasteiger partial charge in [0.25, 0.3) is 0 Å². The van der Waals surface area contributed by atoms with Crippen LogP contribution < -0.4 is 5.32 Å². The molecule has 0 saturated carbocycles. The molecule has 80 valence electrons. The Morgan fingerprint density at radius 1 is 1.57 bits per heavy atom. The van der Waals surface area contributed by atoms with Gasteiger partial charge in [-0.15, -0.1) is 6.42 Å². The van der Waals surface area contributed by atoms with E-state index in [9.17, 15) is 9.90 Å². The zero-order valence-corrected chi connectivity index (χ0v) is 9.00. The van der Waals surface area contributed by atoms with E-state index < -0.39 is 23.8 Å². The zero-order valence-electron chi connectivity index (χ0n) is 9.00. The molecule has 0 aliphatic rings. The van der Waals surface area contributed by atoms with Crippen molar-refractivity contribution in [2.75, 3.05) is 0 Å². The fourth-order valence-corrected chi connectivity index (χ4v) is 0.644. The highest BCUT2D eigenvalue weighted by molar-refractivity contribution is 5.67. The van der Waals surface area contributed by atoms with Crippen molar-refractivity contribution in [3.05, 3.63) is 0 Å². The Balaban J connectivity index is 4.03. The van der Waals surface area contributed by atoms with Crippen LogP contribution in [0.5, 0.6) is 0 Å². The summed E-state index contributed by atoms with van der Waals surface area (Å²) in [6.45, 7) is 6.85. The van der Waals surface area contributed by atoms with Gasteiger partial charge in [0.15, 0.2) is 0 Å². The second-order valence-electron chi connectivity index (χ2n) is 4.05. The van der Waals surface area contributed by atoms with Crippen LogP contribution >= 0.6 is 0 Å². The summed E-state index contributed by atoms with van der Waals surface area (Å²) in [7, 11) is 0. The van der Waals surface area contributed by atoms with Crippen LogP contribution in [0.15, 0.2) is 0 Å². The first-order valence-corrected chi connectivity index (χ1v) is 4.40. The average molecular weight is 199 g/mol. The molecule has 0 aromatic carbocycles. The lowest BCUT2D eigenvalue weighted by molar-refractivity contribution is 0.0301. The molecule has 14 heavy (non-hydrogen) atoms. The van der Waals surface area contributed by atoms with Gasteiger partial charge >= 0.3 is 6.09 Å². The van der Waals surface area contributed by atoms with Gasteiger partial charge in [-0.1, -0.05) is 5.92 Å². The first-order chi connectivity index (χ1) is 6.26. The maximum atomic E-state index is 11.1. The SMILES string of the molecule is C#CC(C)C(O)NC(=O)OC(C)(C)C. The van der Waals surface area contributed by atoms with E-state index >= 15 is 0 Å². The van der Waals surface area contributed by atoms with Crippen molar-refractivity contribution >= 4 is 6.09 Å². The Morgan fingerprint density at radius 2 is 2.07 bits per heavy atom. The molecule has 0 saturated heterocycles. The van der Waals surface area contributed by atoms with E-state index in [1.54, 1.807) is 27.7 Å². The van der Waals surface area contributed by atoms with Gasteiger partial charge in [0, 0.05) is 0 Å². The van der Waals surface area contributed by atoms with Gasteiger partial charge < -0.3 is 9.84 Å². The second kappa shape index (κ2) is 4.87. The summed E-state index contributed by atoms with van der Waals surface area (Å²) < 4.78 is 4.92. The Morgan fingerprint density at radius 3 is 2.43 bits per heavy atom. The maximum absolute atomic E-state index is 11.1. The fraction of sp³-hybridized carbons (Fsp3) is 0.700. The quantitative estimate of drug-likeness (QED) is 0.517. The number of aliphatic hydroxyl groups is 1. The first-order valence-electron chi connectivity index (χ1n) is 4.40. The lowest BCUT2D eigenvalue weighted by Crippen LogP contribution is -2.41. The lowest BCUT2D eigenvalue weighted by atomic mass is 10.1. The minimum Gasteiger partial charge on any atom is -0.444 e. The molecule has 0 heterocycles. The molecule has 0 aromatic rings. The molecule has 0 spiro atoms. The third-order valence-electron chi connectivity index (χ3n) is 1.40. The standard InChI is InChI=1S/C10H17NO3/c1-6-7(2)8(12)11-9(13)14-10(3,4)5/h1,7-8,12H,2-5H3,(H,11,13). The molecule has 4 nitrogen and oxygen atoms in total. The number of amides is 1. The molecular weight excluding hydrogens is 182 g/mol. The number of hydrogen-bond acceptors (Lipinski definition) is 3. The average Bonchev–Trinajstić information content (AvgIpc) is 1.99. The molecule has 2 atom stereocenters. The van der Waals surface area contributed by atoms with Crippen molar-refractivity contribution in [1.29, 1.82) is 0 Å². The summed E-state index contributed by atoms with van der Waals surface area (Å²) in [6, 6.07) is 0. The summed E-state index contributed by atoms with van der Waals surface area (Å²) >= 11 is 0. The number of carbonyl (C=O) groups excluding carboxylic acids is 1. The van der Waals surface area contributed by atoms with E-state index in [1.165, 1.54) is 0 Å². The highest BCUT2D eigenvalue weighted by Crippen LogP contribution is 2.07. The molecule has 0 aliphatic heterocycles. The Bertz CT molecular complexity index is 237. The van der Waals surface area contributed by atoms with Crippen LogP contribution in [0.25, 0.3) is 0 Å². The van der Waals surface area contributed by atoms with E-state index in [0.29, 0.717) is 0 Å². The largest absolute Gasteiger partial charge is 0.444 e. The van der Waals surface area contributed by atoms with E-state index in [0.717, 1.165) is 0 Å². The van der Waals surface area contributed by atoms with Gasteiger partial charge in [0.05, 0.1) is 5.92 Å². The van der Waals surface area contributed by atoms with Crippen molar-refractivity contribution in [3.8, 4) is 12.3 Å². The highest BCUT2D eigenvalue weighted by Gasteiger charge is 2.20. The molecule has 1 amide bonds. The number of ether oxygens (including phenoxy) is 1. The fourth-order valence-electron chi connectivity index (χ4n) is 0.644. The Hall–Kier alpha value is -1.21. The van der Waals surface area contributed by atoms with Crippen molar-refractivity contribution in [2.45, 2.75) is 39.5 Å².